The van der Waals surface area contributed by atoms with Crippen molar-refractivity contribution in [1.82, 2.24) is 0 Å². The van der Waals surface area contributed by atoms with E-state index < -0.39 is 18.7 Å². The number of anilines is 1. The minimum Gasteiger partial charge on any atom is -0.457 e. The lowest BCUT2D eigenvalue weighted by Crippen LogP contribution is -2.20. The molecule has 0 aromatic heterocycles. The SMILES string of the molecule is Cc1ccc(Oc2ccc(NC(=O)CCOCC(F)(F)F)cc2)cc1. The molecule has 2 aromatic rings. The summed E-state index contributed by atoms with van der Waals surface area (Å²) < 4.78 is 45.8. The van der Waals surface area contributed by atoms with Crippen LogP contribution in [0.4, 0.5) is 18.9 Å². The Kier molecular flexibility index (Phi) is 6.41. The fourth-order valence-corrected chi connectivity index (χ4v) is 1.92. The molecule has 0 bridgehead atoms. The van der Waals surface area contributed by atoms with Gasteiger partial charge in [0.2, 0.25) is 5.91 Å². The minimum absolute atomic E-state index is 0.155. The summed E-state index contributed by atoms with van der Waals surface area (Å²) in [5, 5.41) is 2.58. The van der Waals surface area contributed by atoms with Gasteiger partial charge in [0.05, 0.1) is 13.0 Å². The molecule has 0 saturated heterocycles. The number of ether oxygens (including phenoxy) is 2. The van der Waals surface area contributed by atoms with Crippen molar-refractivity contribution in [2.24, 2.45) is 0 Å². The third kappa shape index (κ3) is 7.26. The molecule has 0 fully saturated rings. The lowest BCUT2D eigenvalue weighted by atomic mass is 10.2. The Bertz CT molecular complexity index is 682. The molecule has 1 amide bonds. The Morgan fingerprint density at radius 3 is 2.12 bits per heavy atom. The first-order valence-corrected chi connectivity index (χ1v) is 7.61. The summed E-state index contributed by atoms with van der Waals surface area (Å²) in [4.78, 5) is 11.6. The van der Waals surface area contributed by atoms with E-state index in [2.05, 4.69) is 10.1 Å². The summed E-state index contributed by atoms with van der Waals surface area (Å²) in [7, 11) is 0. The molecule has 2 aromatic carbocycles. The van der Waals surface area contributed by atoms with Crippen LogP contribution in [0.25, 0.3) is 0 Å². The molecule has 2 rings (SSSR count). The van der Waals surface area contributed by atoms with E-state index >= 15 is 0 Å². The van der Waals surface area contributed by atoms with Crippen molar-refractivity contribution >= 4 is 11.6 Å². The smallest absolute Gasteiger partial charge is 0.411 e. The van der Waals surface area contributed by atoms with E-state index in [1.807, 2.05) is 31.2 Å². The van der Waals surface area contributed by atoms with E-state index in [4.69, 9.17) is 4.74 Å². The zero-order valence-electron chi connectivity index (χ0n) is 13.6. The summed E-state index contributed by atoms with van der Waals surface area (Å²) in [5.74, 6) is 0.883. The van der Waals surface area contributed by atoms with Crippen LogP contribution >= 0.6 is 0 Å². The maximum atomic E-state index is 11.9. The molecule has 0 spiro atoms. The third-order valence-electron chi connectivity index (χ3n) is 3.13. The van der Waals surface area contributed by atoms with E-state index in [1.165, 1.54) is 0 Å². The van der Waals surface area contributed by atoms with Crippen molar-refractivity contribution in [3.63, 3.8) is 0 Å². The molecule has 1 N–H and O–H groups in total. The number of rotatable bonds is 7. The van der Waals surface area contributed by atoms with E-state index in [9.17, 15) is 18.0 Å². The van der Waals surface area contributed by atoms with Crippen molar-refractivity contribution in [3.8, 4) is 11.5 Å². The van der Waals surface area contributed by atoms with Crippen LogP contribution in [0.1, 0.15) is 12.0 Å². The lowest BCUT2D eigenvalue weighted by Gasteiger charge is -2.09. The summed E-state index contributed by atoms with van der Waals surface area (Å²) in [6.07, 6.45) is -4.54. The van der Waals surface area contributed by atoms with Crippen LogP contribution in [-0.2, 0) is 9.53 Å². The van der Waals surface area contributed by atoms with E-state index in [1.54, 1.807) is 24.3 Å². The summed E-state index contributed by atoms with van der Waals surface area (Å²) in [6, 6.07) is 14.3. The highest BCUT2D eigenvalue weighted by molar-refractivity contribution is 5.90. The zero-order valence-corrected chi connectivity index (χ0v) is 13.6. The fourth-order valence-electron chi connectivity index (χ4n) is 1.92. The van der Waals surface area contributed by atoms with Gasteiger partial charge in [0, 0.05) is 5.69 Å². The third-order valence-corrected chi connectivity index (χ3v) is 3.13. The van der Waals surface area contributed by atoms with Crippen LogP contribution < -0.4 is 10.1 Å². The molecular formula is C18H18F3NO3. The number of hydrogen-bond donors (Lipinski definition) is 1. The van der Waals surface area contributed by atoms with E-state index in [-0.39, 0.29) is 13.0 Å². The molecule has 0 saturated carbocycles. The van der Waals surface area contributed by atoms with Gasteiger partial charge in [-0.3, -0.25) is 4.79 Å². The highest BCUT2D eigenvalue weighted by Crippen LogP contribution is 2.23. The standard InChI is InChI=1S/C18H18F3NO3/c1-13-2-6-15(7-3-13)25-16-8-4-14(5-9-16)22-17(23)10-11-24-12-18(19,20)21/h2-9H,10-12H2,1H3,(H,22,23). The number of carbonyl (C=O) groups is 1. The fraction of sp³-hybridized carbons (Fsp3) is 0.278. The van der Waals surface area contributed by atoms with E-state index in [0.29, 0.717) is 17.2 Å². The first kappa shape index (κ1) is 18.8. The largest absolute Gasteiger partial charge is 0.457 e. The van der Waals surface area contributed by atoms with Gasteiger partial charge in [0.1, 0.15) is 18.1 Å². The van der Waals surface area contributed by atoms with Crippen molar-refractivity contribution in [2.45, 2.75) is 19.5 Å². The molecule has 0 unspecified atom stereocenters. The minimum atomic E-state index is -4.39. The first-order valence-electron chi connectivity index (χ1n) is 7.61. The van der Waals surface area contributed by atoms with Crippen LogP contribution in [0.15, 0.2) is 48.5 Å². The topological polar surface area (TPSA) is 47.6 Å². The Hall–Kier alpha value is -2.54. The van der Waals surface area contributed by atoms with Crippen LogP contribution in [0.3, 0.4) is 0 Å². The molecule has 134 valence electrons. The lowest BCUT2D eigenvalue weighted by molar-refractivity contribution is -0.174. The first-order chi connectivity index (χ1) is 11.8. The molecule has 0 heterocycles. The second kappa shape index (κ2) is 8.53. The van der Waals surface area contributed by atoms with Gasteiger partial charge in [-0.1, -0.05) is 17.7 Å². The predicted octanol–water partition coefficient (Wildman–Crippen LogP) is 4.69. The Morgan fingerprint density at radius 1 is 1.00 bits per heavy atom. The number of nitrogens with one attached hydrogen (secondary N) is 1. The maximum Gasteiger partial charge on any atom is 0.411 e. The molecule has 4 nitrogen and oxygen atoms in total. The number of alkyl halides is 3. The van der Waals surface area contributed by atoms with Gasteiger partial charge < -0.3 is 14.8 Å². The molecule has 0 radical (unpaired) electrons. The Morgan fingerprint density at radius 2 is 1.56 bits per heavy atom. The highest BCUT2D eigenvalue weighted by Gasteiger charge is 2.27. The Balaban J connectivity index is 1.77. The van der Waals surface area contributed by atoms with Gasteiger partial charge in [-0.25, -0.2) is 0 Å². The van der Waals surface area contributed by atoms with Gasteiger partial charge in [0.15, 0.2) is 0 Å². The number of benzene rings is 2. The van der Waals surface area contributed by atoms with E-state index in [0.717, 1.165) is 5.56 Å². The van der Waals surface area contributed by atoms with Crippen LogP contribution in [0.5, 0.6) is 11.5 Å². The average Bonchev–Trinajstić information content (AvgIpc) is 2.55. The number of carbonyl (C=O) groups excluding carboxylic acids is 1. The van der Waals surface area contributed by atoms with Crippen LogP contribution in [0, 0.1) is 6.92 Å². The molecule has 0 aliphatic rings. The average molecular weight is 353 g/mol. The Labute approximate surface area is 143 Å². The number of aryl methyl sites for hydroxylation is 1. The number of halogens is 3. The maximum absolute atomic E-state index is 11.9. The number of amides is 1. The van der Waals surface area contributed by atoms with Crippen molar-refractivity contribution < 1.29 is 27.4 Å². The van der Waals surface area contributed by atoms with Gasteiger partial charge >= 0.3 is 6.18 Å². The van der Waals surface area contributed by atoms with Crippen molar-refractivity contribution in [3.05, 3.63) is 54.1 Å². The van der Waals surface area contributed by atoms with Crippen molar-refractivity contribution in [1.29, 1.82) is 0 Å². The molecule has 0 aliphatic heterocycles. The highest BCUT2D eigenvalue weighted by atomic mass is 19.4. The molecule has 0 atom stereocenters. The van der Waals surface area contributed by atoms with Crippen LogP contribution in [0.2, 0.25) is 0 Å². The van der Waals surface area contributed by atoms with Gasteiger partial charge in [-0.15, -0.1) is 0 Å². The molecule has 0 aliphatic carbocycles. The molecule has 25 heavy (non-hydrogen) atoms. The van der Waals surface area contributed by atoms with Gasteiger partial charge in [-0.05, 0) is 43.3 Å². The monoisotopic (exact) mass is 353 g/mol. The van der Waals surface area contributed by atoms with Gasteiger partial charge in [0.25, 0.3) is 0 Å². The molecular weight excluding hydrogens is 335 g/mol. The quantitative estimate of drug-likeness (QED) is 0.734. The predicted molar refractivity (Wildman–Crippen MR) is 87.8 cm³/mol. The van der Waals surface area contributed by atoms with Crippen molar-refractivity contribution in [2.75, 3.05) is 18.5 Å². The molecule has 7 heteroatoms. The van der Waals surface area contributed by atoms with Crippen LogP contribution in [-0.4, -0.2) is 25.3 Å². The second-order valence-electron chi connectivity index (χ2n) is 5.41. The number of hydrogen-bond acceptors (Lipinski definition) is 3. The summed E-state index contributed by atoms with van der Waals surface area (Å²) in [6.45, 7) is 0.334. The second-order valence-corrected chi connectivity index (χ2v) is 5.41. The normalized spacial score (nSPS) is 11.2. The summed E-state index contributed by atoms with van der Waals surface area (Å²) in [5.41, 5.74) is 1.65. The summed E-state index contributed by atoms with van der Waals surface area (Å²) >= 11 is 0. The zero-order chi connectivity index (χ0) is 18.3. The van der Waals surface area contributed by atoms with Gasteiger partial charge in [-0.2, -0.15) is 13.2 Å².